The maximum atomic E-state index is 6.01. The lowest BCUT2D eigenvalue weighted by molar-refractivity contribution is 0.720. The third-order valence-electron chi connectivity index (χ3n) is 3.18. The van der Waals surface area contributed by atoms with Gasteiger partial charge in [-0.2, -0.15) is 0 Å². The standard InChI is InChI=1S/C14H19N3S/c1-10(15)12-6-4-8-16-14(12)17(3)11(2)13-7-5-9-18-13/h4-11H,15H2,1-3H3/t10-,11?/m1/s1. The van der Waals surface area contributed by atoms with Crippen LogP contribution in [0.5, 0.6) is 0 Å². The zero-order chi connectivity index (χ0) is 13.1. The molecule has 0 fully saturated rings. The Morgan fingerprint density at radius 3 is 2.67 bits per heavy atom. The van der Waals surface area contributed by atoms with E-state index in [1.54, 1.807) is 11.3 Å². The molecule has 4 heteroatoms. The minimum atomic E-state index is -0.00770. The fraction of sp³-hybridized carbons (Fsp3) is 0.357. The number of pyridine rings is 1. The minimum Gasteiger partial charge on any atom is -0.352 e. The lowest BCUT2D eigenvalue weighted by Crippen LogP contribution is -2.24. The van der Waals surface area contributed by atoms with E-state index in [1.165, 1.54) is 4.88 Å². The highest BCUT2D eigenvalue weighted by molar-refractivity contribution is 7.10. The zero-order valence-corrected chi connectivity index (χ0v) is 11.8. The predicted octanol–water partition coefficient (Wildman–Crippen LogP) is 3.36. The molecule has 0 amide bonds. The summed E-state index contributed by atoms with van der Waals surface area (Å²) in [5.41, 5.74) is 7.09. The van der Waals surface area contributed by atoms with E-state index in [-0.39, 0.29) is 6.04 Å². The van der Waals surface area contributed by atoms with E-state index < -0.39 is 0 Å². The maximum Gasteiger partial charge on any atom is 0.133 e. The van der Waals surface area contributed by atoms with Gasteiger partial charge in [-0.1, -0.05) is 12.1 Å². The number of hydrogen-bond donors (Lipinski definition) is 1. The summed E-state index contributed by atoms with van der Waals surface area (Å²) in [6.45, 7) is 4.18. The van der Waals surface area contributed by atoms with Gasteiger partial charge in [-0.15, -0.1) is 11.3 Å². The first-order valence-corrected chi connectivity index (χ1v) is 6.96. The summed E-state index contributed by atoms with van der Waals surface area (Å²) in [7, 11) is 2.07. The van der Waals surface area contributed by atoms with Crippen molar-refractivity contribution in [2.75, 3.05) is 11.9 Å². The second-order valence-corrected chi connectivity index (χ2v) is 5.49. The Labute approximate surface area is 112 Å². The Kier molecular flexibility index (Phi) is 3.99. The van der Waals surface area contributed by atoms with E-state index in [4.69, 9.17) is 5.73 Å². The van der Waals surface area contributed by atoms with Gasteiger partial charge >= 0.3 is 0 Å². The molecule has 2 atom stereocenters. The summed E-state index contributed by atoms with van der Waals surface area (Å²) >= 11 is 1.77. The number of thiophene rings is 1. The highest BCUT2D eigenvalue weighted by Crippen LogP contribution is 2.30. The first-order chi connectivity index (χ1) is 8.61. The Bertz CT molecular complexity index is 494. The number of aromatic nitrogens is 1. The molecule has 2 aromatic heterocycles. The highest BCUT2D eigenvalue weighted by atomic mass is 32.1. The molecule has 0 aliphatic rings. The van der Waals surface area contributed by atoms with Gasteiger partial charge in [0.1, 0.15) is 5.82 Å². The third-order valence-corrected chi connectivity index (χ3v) is 4.22. The zero-order valence-electron chi connectivity index (χ0n) is 11.0. The molecule has 2 heterocycles. The average Bonchev–Trinajstić information content (AvgIpc) is 2.90. The molecule has 96 valence electrons. The van der Waals surface area contributed by atoms with Crippen LogP contribution in [0.25, 0.3) is 0 Å². The molecule has 0 aromatic carbocycles. The molecule has 1 unspecified atom stereocenters. The van der Waals surface area contributed by atoms with Crippen LogP contribution >= 0.6 is 11.3 Å². The van der Waals surface area contributed by atoms with Crippen molar-refractivity contribution in [3.8, 4) is 0 Å². The van der Waals surface area contributed by atoms with Crippen molar-refractivity contribution in [3.05, 3.63) is 46.3 Å². The van der Waals surface area contributed by atoms with Gasteiger partial charge in [-0.25, -0.2) is 4.98 Å². The summed E-state index contributed by atoms with van der Waals surface area (Å²) in [5.74, 6) is 0.966. The van der Waals surface area contributed by atoms with Crippen LogP contribution in [0, 0.1) is 0 Å². The molecular weight excluding hydrogens is 242 g/mol. The minimum absolute atomic E-state index is 0.00770. The van der Waals surface area contributed by atoms with E-state index in [2.05, 4.69) is 41.4 Å². The van der Waals surface area contributed by atoms with Crippen molar-refractivity contribution in [2.24, 2.45) is 5.73 Å². The van der Waals surface area contributed by atoms with Crippen LogP contribution in [0.2, 0.25) is 0 Å². The summed E-state index contributed by atoms with van der Waals surface area (Å²) in [6, 6.07) is 8.51. The molecule has 0 bridgehead atoms. The molecule has 2 rings (SSSR count). The monoisotopic (exact) mass is 261 g/mol. The van der Waals surface area contributed by atoms with Crippen molar-refractivity contribution in [2.45, 2.75) is 25.9 Å². The van der Waals surface area contributed by atoms with Gasteiger partial charge in [0.25, 0.3) is 0 Å². The number of nitrogens with zero attached hydrogens (tertiary/aromatic N) is 2. The van der Waals surface area contributed by atoms with Crippen LogP contribution in [0.3, 0.4) is 0 Å². The van der Waals surface area contributed by atoms with E-state index in [9.17, 15) is 0 Å². The fourth-order valence-electron chi connectivity index (χ4n) is 1.96. The Hall–Kier alpha value is -1.39. The maximum absolute atomic E-state index is 6.01. The number of anilines is 1. The smallest absolute Gasteiger partial charge is 0.133 e. The summed E-state index contributed by atoms with van der Waals surface area (Å²) in [6.07, 6.45) is 1.82. The Balaban J connectivity index is 2.31. The first kappa shape index (κ1) is 13.1. The lowest BCUT2D eigenvalue weighted by Gasteiger charge is -2.28. The van der Waals surface area contributed by atoms with Gasteiger partial charge in [0, 0.05) is 29.7 Å². The molecule has 18 heavy (non-hydrogen) atoms. The second-order valence-electron chi connectivity index (χ2n) is 4.51. The number of rotatable bonds is 4. The van der Waals surface area contributed by atoms with Gasteiger partial charge in [-0.3, -0.25) is 0 Å². The van der Waals surface area contributed by atoms with Crippen molar-refractivity contribution >= 4 is 17.2 Å². The molecule has 0 saturated carbocycles. The van der Waals surface area contributed by atoms with E-state index in [1.807, 2.05) is 25.3 Å². The van der Waals surface area contributed by atoms with Gasteiger partial charge < -0.3 is 10.6 Å². The number of hydrogen-bond acceptors (Lipinski definition) is 4. The normalized spacial score (nSPS) is 14.2. The Morgan fingerprint density at radius 2 is 2.06 bits per heavy atom. The second kappa shape index (κ2) is 5.50. The molecule has 0 saturated heterocycles. The Morgan fingerprint density at radius 1 is 1.28 bits per heavy atom. The van der Waals surface area contributed by atoms with Crippen LogP contribution in [-0.4, -0.2) is 12.0 Å². The first-order valence-electron chi connectivity index (χ1n) is 6.08. The quantitative estimate of drug-likeness (QED) is 0.917. The topological polar surface area (TPSA) is 42.2 Å². The molecule has 0 spiro atoms. The van der Waals surface area contributed by atoms with Gasteiger partial charge in [0.2, 0.25) is 0 Å². The van der Waals surface area contributed by atoms with E-state index in [0.717, 1.165) is 11.4 Å². The molecule has 0 radical (unpaired) electrons. The molecule has 2 aromatic rings. The third kappa shape index (κ3) is 2.54. The SMILES string of the molecule is CC(c1cccs1)N(C)c1ncccc1[C@@H](C)N. The van der Waals surface area contributed by atoms with Gasteiger partial charge in [0.05, 0.1) is 6.04 Å². The van der Waals surface area contributed by atoms with E-state index >= 15 is 0 Å². The van der Waals surface area contributed by atoms with Crippen molar-refractivity contribution in [1.29, 1.82) is 0 Å². The van der Waals surface area contributed by atoms with Crippen molar-refractivity contribution in [1.82, 2.24) is 4.98 Å². The fourth-order valence-corrected chi connectivity index (χ4v) is 2.79. The summed E-state index contributed by atoms with van der Waals surface area (Å²) in [4.78, 5) is 8.00. The van der Waals surface area contributed by atoms with Gasteiger partial charge in [0.15, 0.2) is 0 Å². The summed E-state index contributed by atoms with van der Waals surface area (Å²) in [5, 5.41) is 2.10. The molecule has 3 nitrogen and oxygen atoms in total. The molecule has 0 aliphatic heterocycles. The van der Waals surface area contributed by atoms with Crippen molar-refractivity contribution in [3.63, 3.8) is 0 Å². The largest absolute Gasteiger partial charge is 0.352 e. The van der Waals surface area contributed by atoms with Crippen LogP contribution in [-0.2, 0) is 0 Å². The van der Waals surface area contributed by atoms with E-state index in [0.29, 0.717) is 6.04 Å². The summed E-state index contributed by atoms with van der Waals surface area (Å²) < 4.78 is 0. The predicted molar refractivity (Wildman–Crippen MR) is 78.0 cm³/mol. The van der Waals surface area contributed by atoms with Crippen LogP contribution < -0.4 is 10.6 Å². The van der Waals surface area contributed by atoms with Gasteiger partial charge in [-0.05, 0) is 31.4 Å². The average molecular weight is 261 g/mol. The highest BCUT2D eigenvalue weighted by Gasteiger charge is 2.18. The van der Waals surface area contributed by atoms with Crippen LogP contribution in [0.15, 0.2) is 35.8 Å². The molecule has 0 aliphatic carbocycles. The van der Waals surface area contributed by atoms with Crippen LogP contribution in [0.4, 0.5) is 5.82 Å². The number of nitrogens with two attached hydrogens (primary N) is 1. The molecule has 2 N–H and O–H groups in total. The lowest BCUT2D eigenvalue weighted by atomic mass is 10.1. The molecular formula is C14H19N3S. The van der Waals surface area contributed by atoms with Crippen molar-refractivity contribution < 1.29 is 0 Å². The van der Waals surface area contributed by atoms with Crippen LogP contribution in [0.1, 0.15) is 36.4 Å².